The van der Waals surface area contributed by atoms with E-state index in [0.717, 1.165) is 76.0 Å². The SMILES string of the molecule is C[C@H](Nc1nc2ccc(Oc3cc(-c4cccnc4)nc(N4CCN(C)CC4)c3)cc2s1)C1CCCCC1. The predicted molar refractivity (Wildman–Crippen MR) is 157 cm³/mol. The van der Waals surface area contributed by atoms with E-state index in [1.807, 2.05) is 30.5 Å². The van der Waals surface area contributed by atoms with Crippen molar-refractivity contribution in [2.24, 2.45) is 5.92 Å². The maximum Gasteiger partial charge on any atom is 0.184 e. The number of anilines is 2. The second-order valence-electron chi connectivity index (χ2n) is 10.7. The summed E-state index contributed by atoms with van der Waals surface area (Å²) in [6, 6.07) is 14.7. The first kappa shape index (κ1) is 25.1. The third kappa shape index (κ3) is 5.76. The lowest BCUT2D eigenvalue weighted by atomic mass is 9.85. The normalized spacial score (nSPS) is 18.0. The summed E-state index contributed by atoms with van der Waals surface area (Å²) in [5.74, 6) is 3.27. The maximum atomic E-state index is 6.45. The number of hydrogen-bond donors (Lipinski definition) is 1. The highest BCUT2D eigenvalue weighted by Gasteiger charge is 2.21. The van der Waals surface area contributed by atoms with E-state index in [-0.39, 0.29) is 0 Å². The smallest absolute Gasteiger partial charge is 0.184 e. The van der Waals surface area contributed by atoms with Gasteiger partial charge in [0, 0.05) is 68.4 Å². The zero-order valence-electron chi connectivity index (χ0n) is 22.3. The van der Waals surface area contributed by atoms with Crippen molar-refractivity contribution in [3.63, 3.8) is 0 Å². The van der Waals surface area contributed by atoms with Crippen molar-refractivity contribution in [1.82, 2.24) is 19.9 Å². The fourth-order valence-corrected chi connectivity index (χ4v) is 6.51. The molecule has 1 atom stereocenters. The molecule has 3 aromatic heterocycles. The lowest BCUT2D eigenvalue weighted by Crippen LogP contribution is -2.44. The molecule has 1 saturated carbocycles. The van der Waals surface area contributed by atoms with Crippen LogP contribution in [-0.4, -0.2) is 59.1 Å². The molecule has 8 heteroatoms. The third-order valence-electron chi connectivity index (χ3n) is 7.87. The molecule has 1 aromatic carbocycles. The number of thiazole rings is 1. The van der Waals surface area contributed by atoms with Crippen molar-refractivity contribution in [3.8, 4) is 22.8 Å². The molecule has 4 aromatic rings. The number of aromatic nitrogens is 3. The van der Waals surface area contributed by atoms with Gasteiger partial charge in [0.15, 0.2) is 5.13 Å². The van der Waals surface area contributed by atoms with Gasteiger partial charge in [-0.05, 0) is 57.0 Å². The van der Waals surface area contributed by atoms with Crippen LogP contribution in [0, 0.1) is 5.92 Å². The third-order valence-corrected chi connectivity index (χ3v) is 8.82. The molecule has 1 aliphatic carbocycles. The number of nitrogens with zero attached hydrogens (tertiary/aromatic N) is 5. The molecule has 1 aliphatic heterocycles. The van der Waals surface area contributed by atoms with Crippen molar-refractivity contribution < 1.29 is 4.74 Å². The van der Waals surface area contributed by atoms with Crippen LogP contribution in [0.2, 0.25) is 0 Å². The highest BCUT2D eigenvalue weighted by Crippen LogP contribution is 2.35. The molecule has 1 saturated heterocycles. The van der Waals surface area contributed by atoms with Gasteiger partial charge in [-0.15, -0.1) is 0 Å². The fraction of sp³-hybridized carbons (Fsp3) is 0.433. The highest BCUT2D eigenvalue weighted by atomic mass is 32.1. The highest BCUT2D eigenvalue weighted by molar-refractivity contribution is 7.22. The van der Waals surface area contributed by atoms with Crippen LogP contribution in [0.3, 0.4) is 0 Å². The molecule has 0 spiro atoms. The first-order chi connectivity index (χ1) is 18.6. The molecule has 7 nitrogen and oxygen atoms in total. The minimum absolute atomic E-state index is 0.447. The molecule has 198 valence electrons. The van der Waals surface area contributed by atoms with E-state index in [4.69, 9.17) is 14.7 Å². The largest absolute Gasteiger partial charge is 0.457 e. The molecule has 38 heavy (non-hydrogen) atoms. The average molecular weight is 529 g/mol. The molecule has 2 fully saturated rings. The predicted octanol–water partition coefficient (Wildman–Crippen LogP) is 6.68. The van der Waals surface area contributed by atoms with Gasteiger partial charge in [0.1, 0.15) is 17.3 Å². The van der Waals surface area contributed by atoms with E-state index in [0.29, 0.717) is 6.04 Å². The number of hydrogen-bond acceptors (Lipinski definition) is 8. The summed E-state index contributed by atoms with van der Waals surface area (Å²) in [7, 11) is 2.17. The van der Waals surface area contributed by atoms with Crippen LogP contribution in [-0.2, 0) is 0 Å². The molecular formula is C30H36N6OS. The van der Waals surface area contributed by atoms with Crippen LogP contribution in [0.1, 0.15) is 39.0 Å². The number of ether oxygens (including phenoxy) is 1. The first-order valence-electron chi connectivity index (χ1n) is 13.8. The molecule has 6 rings (SSSR count). The Kier molecular flexibility index (Phi) is 7.42. The average Bonchev–Trinajstić information content (AvgIpc) is 3.35. The Bertz CT molecular complexity index is 1360. The van der Waals surface area contributed by atoms with E-state index in [2.05, 4.69) is 52.3 Å². The summed E-state index contributed by atoms with van der Waals surface area (Å²) in [4.78, 5) is 18.8. The molecule has 0 radical (unpaired) electrons. The summed E-state index contributed by atoms with van der Waals surface area (Å²) in [5, 5.41) is 4.68. The Hall–Kier alpha value is -3.23. The Labute approximate surface area is 228 Å². The van der Waals surface area contributed by atoms with Crippen LogP contribution in [0.4, 0.5) is 10.9 Å². The zero-order valence-corrected chi connectivity index (χ0v) is 23.1. The van der Waals surface area contributed by atoms with Gasteiger partial charge < -0.3 is 19.9 Å². The van der Waals surface area contributed by atoms with Gasteiger partial charge in [0.25, 0.3) is 0 Å². The monoisotopic (exact) mass is 528 g/mol. The molecule has 0 bridgehead atoms. The Morgan fingerprint density at radius 2 is 1.82 bits per heavy atom. The van der Waals surface area contributed by atoms with Gasteiger partial charge in [0.2, 0.25) is 0 Å². The minimum Gasteiger partial charge on any atom is -0.457 e. The topological polar surface area (TPSA) is 66.4 Å². The number of pyridine rings is 2. The summed E-state index contributed by atoms with van der Waals surface area (Å²) in [5.41, 5.74) is 2.85. The molecule has 0 unspecified atom stereocenters. The van der Waals surface area contributed by atoms with Gasteiger partial charge in [0.05, 0.1) is 15.9 Å². The van der Waals surface area contributed by atoms with Crippen LogP contribution in [0.25, 0.3) is 21.5 Å². The number of piperazine rings is 1. The molecule has 2 aliphatic rings. The maximum absolute atomic E-state index is 6.45. The van der Waals surface area contributed by atoms with Crippen molar-refractivity contribution in [1.29, 1.82) is 0 Å². The number of benzene rings is 1. The Morgan fingerprint density at radius 1 is 0.974 bits per heavy atom. The van der Waals surface area contributed by atoms with Gasteiger partial charge in [-0.25, -0.2) is 9.97 Å². The van der Waals surface area contributed by atoms with Crippen molar-refractivity contribution in [2.75, 3.05) is 43.4 Å². The Morgan fingerprint density at radius 3 is 2.61 bits per heavy atom. The fourth-order valence-electron chi connectivity index (χ4n) is 5.52. The van der Waals surface area contributed by atoms with E-state index < -0.39 is 0 Å². The van der Waals surface area contributed by atoms with Gasteiger partial charge in [-0.3, -0.25) is 4.98 Å². The quantitative estimate of drug-likeness (QED) is 0.287. The van der Waals surface area contributed by atoms with E-state index in [9.17, 15) is 0 Å². The lowest BCUT2D eigenvalue weighted by Gasteiger charge is -2.33. The second kappa shape index (κ2) is 11.3. The van der Waals surface area contributed by atoms with E-state index in [1.165, 1.54) is 32.1 Å². The number of fused-ring (bicyclic) bond motifs is 1. The van der Waals surface area contributed by atoms with Crippen LogP contribution < -0.4 is 15.0 Å². The number of nitrogens with one attached hydrogen (secondary N) is 1. The molecule has 0 amide bonds. The van der Waals surface area contributed by atoms with E-state index >= 15 is 0 Å². The number of rotatable bonds is 7. The molecule has 4 heterocycles. The van der Waals surface area contributed by atoms with E-state index in [1.54, 1.807) is 17.5 Å². The van der Waals surface area contributed by atoms with Crippen molar-refractivity contribution in [2.45, 2.75) is 45.1 Å². The summed E-state index contributed by atoms with van der Waals surface area (Å²) in [6.45, 7) is 6.24. The Balaban J connectivity index is 1.24. The minimum atomic E-state index is 0.447. The zero-order chi connectivity index (χ0) is 25.9. The first-order valence-corrected chi connectivity index (χ1v) is 14.6. The van der Waals surface area contributed by atoms with Crippen molar-refractivity contribution >= 4 is 32.5 Å². The van der Waals surface area contributed by atoms with Gasteiger partial charge in [-0.1, -0.05) is 30.6 Å². The standard InChI is InChI=1S/C30H36N6OS/c1-21(22-7-4-3-5-8-22)32-30-34-26-11-10-24(18-28(26)38-30)37-25-17-27(23-9-6-12-31-20-23)33-29(19-25)36-15-13-35(2)14-16-36/h6,9-12,17-22H,3-5,7-8,13-16H2,1-2H3,(H,32,34)/t21-/m0/s1. The molecule has 1 N–H and O–H groups in total. The van der Waals surface area contributed by atoms with Crippen LogP contribution in [0.5, 0.6) is 11.5 Å². The lowest BCUT2D eigenvalue weighted by molar-refractivity contribution is 0.312. The summed E-state index contributed by atoms with van der Waals surface area (Å²) >= 11 is 1.70. The van der Waals surface area contributed by atoms with Gasteiger partial charge in [-0.2, -0.15) is 0 Å². The number of likely N-dealkylation sites (N-methyl/N-ethyl adjacent to an activating group) is 1. The summed E-state index contributed by atoms with van der Waals surface area (Å²) < 4.78 is 7.57. The molecular weight excluding hydrogens is 492 g/mol. The van der Waals surface area contributed by atoms with Crippen molar-refractivity contribution in [3.05, 3.63) is 54.9 Å². The van der Waals surface area contributed by atoms with Gasteiger partial charge >= 0.3 is 0 Å². The second-order valence-corrected chi connectivity index (χ2v) is 11.7. The summed E-state index contributed by atoms with van der Waals surface area (Å²) in [6.07, 6.45) is 10.4. The van der Waals surface area contributed by atoms with Crippen LogP contribution >= 0.6 is 11.3 Å². The van der Waals surface area contributed by atoms with Crippen LogP contribution in [0.15, 0.2) is 54.9 Å².